The lowest BCUT2D eigenvalue weighted by atomic mass is 10.0. The van der Waals surface area contributed by atoms with Crippen LogP contribution < -0.4 is 19.9 Å². The van der Waals surface area contributed by atoms with Crippen LogP contribution in [0.2, 0.25) is 0 Å². The molecule has 7 rings (SSSR count). The number of hydrogen-bond acceptors (Lipinski definition) is 7. The third-order valence-corrected chi connectivity index (χ3v) is 8.20. The van der Waals surface area contributed by atoms with Gasteiger partial charge in [0.1, 0.15) is 17.6 Å². The number of halogens is 1. The van der Waals surface area contributed by atoms with E-state index in [9.17, 15) is 18.8 Å². The van der Waals surface area contributed by atoms with E-state index < -0.39 is 17.8 Å². The van der Waals surface area contributed by atoms with E-state index in [1.165, 1.54) is 11.0 Å². The van der Waals surface area contributed by atoms with Gasteiger partial charge in [-0.25, -0.2) is 4.39 Å². The lowest BCUT2D eigenvalue weighted by Crippen LogP contribution is -2.53. The molecule has 4 aromatic rings. The second-order valence-electron chi connectivity index (χ2n) is 10.7. The summed E-state index contributed by atoms with van der Waals surface area (Å²) < 4.78 is 22.8. The molecular formula is C31H25FN6O4. The third kappa shape index (κ3) is 4.23. The largest absolute Gasteiger partial charge is 0.453 e. The summed E-state index contributed by atoms with van der Waals surface area (Å²) in [5.74, 6) is -0.452. The monoisotopic (exact) mass is 564 g/mol. The fraction of sp³-hybridized carbons (Fsp3) is 0.258. The Morgan fingerprint density at radius 3 is 2.74 bits per heavy atom. The summed E-state index contributed by atoms with van der Waals surface area (Å²) in [6.07, 6.45) is 5.60. The Balaban J connectivity index is 1.13. The molecule has 3 aliphatic heterocycles. The maximum absolute atomic E-state index is 14.7. The quantitative estimate of drug-likeness (QED) is 0.356. The Morgan fingerprint density at radius 1 is 1.07 bits per heavy atom. The van der Waals surface area contributed by atoms with Crippen molar-refractivity contribution in [3.63, 3.8) is 0 Å². The molecule has 0 aliphatic carbocycles. The van der Waals surface area contributed by atoms with Gasteiger partial charge in [-0.15, -0.1) is 0 Å². The summed E-state index contributed by atoms with van der Waals surface area (Å²) >= 11 is 0. The molecule has 10 nitrogen and oxygen atoms in total. The van der Waals surface area contributed by atoms with Gasteiger partial charge in [0.15, 0.2) is 5.75 Å². The van der Waals surface area contributed by atoms with Crippen molar-refractivity contribution in [2.75, 3.05) is 22.9 Å². The summed E-state index contributed by atoms with van der Waals surface area (Å²) in [6, 6.07) is 14.7. The van der Waals surface area contributed by atoms with Gasteiger partial charge < -0.3 is 9.64 Å². The Labute approximate surface area is 239 Å². The van der Waals surface area contributed by atoms with Crippen LogP contribution in [0.3, 0.4) is 0 Å². The molecule has 2 fully saturated rings. The standard InChI is InChI=1S/C31H25FN6O4/c32-23-13-18(14-33)6-7-24(23)36-12-2-3-19(16-36)37-17-20(15-34-37)42-27-10-8-25-29-21(27)4-1-5-22(29)31(41)38(25)26-9-11-28(39)35-30(26)40/h1,4-8,10,13,15,17,19,26H,2-3,9,11-12,16H2,(H,35,39,40). The molecule has 0 bridgehead atoms. The molecule has 1 aromatic heterocycles. The zero-order valence-electron chi connectivity index (χ0n) is 22.4. The van der Waals surface area contributed by atoms with Crippen LogP contribution in [-0.2, 0) is 9.59 Å². The fourth-order valence-corrected chi connectivity index (χ4v) is 6.23. The minimum atomic E-state index is -0.761. The molecule has 2 saturated heterocycles. The molecule has 3 amide bonds. The molecule has 0 saturated carbocycles. The third-order valence-electron chi connectivity index (χ3n) is 8.20. The van der Waals surface area contributed by atoms with Gasteiger partial charge in [0.2, 0.25) is 11.8 Å². The van der Waals surface area contributed by atoms with E-state index in [0.29, 0.717) is 46.9 Å². The van der Waals surface area contributed by atoms with Gasteiger partial charge in [0.05, 0.1) is 41.4 Å². The first-order chi connectivity index (χ1) is 20.4. The van der Waals surface area contributed by atoms with Crippen LogP contribution in [0.25, 0.3) is 10.8 Å². The van der Waals surface area contributed by atoms with Crippen LogP contribution in [0, 0.1) is 17.1 Å². The molecule has 0 spiro atoms. The van der Waals surface area contributed by atoms with Crippen LogP contribution in [-0.4, -0.2) is 46.6 Å². The van der Waals surface area contributed by atoms with Gasteiger partial charge in [-0.1, -0.05) is 12.1 Å². The van der Waals surface area contributed by atoms with Crippen molar-refractivity contribution in [1.82, 2.24) is 15.1 Å². The molecular weight excluding hydrogens is 539 g/mol. The molecule has 3 aromatic carbocycles. The number of nitriles is 1. The van der Waals surface area contributed by atoms with Crippen molar-refractivity contribution < 1.29 is 23.5 Å². The van der Waals surface area contributed by atoms with Gasteiger partial charge in [-0.3, -0.25) is 29.3 Å². The highest BCUT2D eigenvalue weighted by atomic mass is 19.1. The summed E-state index contributed by atoms with van der Waals surface area (Å²) in [5.41, 5.74) is 1.84. The number of anilines is 2. The highest BCUT2D eigenvalue weighted by Gasteiger charge is 2.41. The predicted octanol–water partition coefficient (Wildman–Crippen LogP) is 4.45. The number of amides is 3. The van der Waals surface area contributed by atoms with E-state index >= 15 is 0 Å². The smallest absolute Gasteiger partial charge is 0.259 e. The van der Waals surface area contributed by atoms with Crippen LogP contribution in [0.5, 0.6) is 11.5 Å². The Morgan fingerprint density at radius 2 is 1.93 bits per heavy atom. The Hall–Kier alpha value is -5.24. The van der Waals surface area contributed by atoms with E-state index in [4.69, 9.17) is 10.00 Å². The van der Waals surface area contributed by atoms with Crippen LogP contribution in [0.15, 0.2) is 60.9 Å². The zero-order valence-corrected chi connectivity index (χ0v) is 22.4. The maximum atomic E-state index is 14.7. The first-order valence-corrected chi connectivity index (χ1v) is 13.8. The van der Waals surface area contributed by atoms with Crippen LogP contribution >= 0.6 is 0 Å². The molecule has 42 heavy (non-hydrogen) atoms. The molecule has 11 heteroatoms. The van der Waals surface area contributed by atoms with Crippen molar-refractivity contribution in [3.05, 3.63) is 77.9 Å². The molecule has 2 atom stereocenters. The number of nitrogens with one attached hydrogen (secondary N) is 1. The average molecular weight is 565 g/mol. The second kappa shape index (κ2) is 9.99. The highest BCUT2D eigenvalue weighted by molar-refractivity contribution is 6.27. The van der Waals surface area contributed by atoms with Crippen molar-refractivity contribution in [1.29, 1.82) is 5.26 Å². The van der Waals surface area contributed by atoms with Gasteiger partial charge >= 0.3 is 0 Å². The average Bonchev–Trinajstić information content (AvgIpc) is 3.58. The van der Waals surface area contributed by atoms with E-state index in [2.05, 4.69) is 10.4 Å². The number of rotatable bonds is 5. The zero-order chi connectivity index (χ0) is 29.0. The molecule has 3 aliphatic rings. The van der Waals surface area contributed by atoms with Crippen molar-refractivity contribution in [2.45, 2.75) is 37.8 Å². The normalized spacial score (nSPS) is 20.1. The predicted molar refractivity (Wildman–Crippen MR) is 151 cm³/mol. The number of ether oxygens (including phenoxy) is 1. The second-order valence-corrected chi connectivity index (χ2v) is 10.7. The summed E-state index contributed by atoms with van der Waals surface area (Å²) in [7, 11) is 0. The van der Waals surface area contributed by atoms with Gasteiger partial charge in [0, 0.05) is 35.8 Å². The highest BCUT2D eigenvalue weighted by Crippen LogP contribution is 2.44. The summed E-state index contributed by atoms with van der Waals surface area (Å²) in [5, 5.41) is 17.3. The molecule has 4 heterocycles. The molecule has 0 radical (unpaired) electrons. The topological polar surface area (TPSA) is 121 Å². The van der Waals surface area contributed by atoms with Crippen molar-refractivity contribution in [2.24, 2.45) is 0 Å². The number of nitrogens with zero attached hydrogens (tertiary/aromatic N) is 5. The molecule has 2 unspecified atom stereocenters. The number of imide groups is 1. The summed E-state index contributed by atoms with van der Waals surface area (Å²) in [4.78, 5) is 41.1. The molecule has 210 valence electrons. The number of piperidine rings is 2. The molecule has 1 N–H and O–H groups in total. The van der Waals surface area contributed by atoms with Crippen molar-refractivity contribution in [3.8, 4) is 17.6 Å². The van der Waals surface area contributed by atoms with Gasteiger partial charge in [-0.2, -0.15) is 10.4 Å². The van der Waals surface area contributed by atoms with Crippen molar-refractivity contribution >= 4 is 39.9 Å². The number of carbonyl (C=O) groups is 3. The van der Waals surface area contributed by atoms with Gasteiger partial charge in [-0.05, 0) is 55.7 Å². The minimum Gasteiger partial charge on any atom is -0.453 e. The van der Waals surface area contributed by atoms with E-state index in [-0.39, 0.29) is 36.3 Å². The number of benzene rings is 3. The van der Waals surface area contributed by atoms with Crippen LogP contribution in [0.1, 0.15) is 47.6 Å². The first kappa shape index (κ1) is 25.7. The number of aromatic nitrogens is 2. The minimum absolute atomic E-state index is 0.00125. The number of hydrogen-bond donors (Lipinski definition) is 1. The Kier molecular flexibility index (Phi) is 6.12. The van der Waals surface area contributed by atoms with E-state index in [0.717, 1.165) is 18.2 Å². The first-order valence-electron chi connectivity index (χ1n) is 13.8. The summed E-state index contributed by atoms with van der Waals surface area (Å²) in [6.45, 7) is 1.27. The lowest BCUT2D eigenvalue weighted by molar-refractivity contribution is -0.134. The Bertz CT molecular complexity index is 1830. The number of carbonyl (C=O) groups excluding carboxylic acids is 3. The maximum Gasteiger partial charge on any atom is 0.259 e. The lowest BCUT2D eigenvalue weighted by Gasteiger charge is -2.34. The van der Waals surface area contributed by atoms with E-state index in [1.807, 2.05) is 27.9 Å². The van der Waals surface area contributed by atoms with Crippen LogP contribution in [0.4, 0.5) is 15.8 Å². The SMILES string of the molecule is N#Cc1ccc(N2CCCC(n3cc(Oc4ccc5c6c(cccc46)C(=O)N5C4CCC(=O)NC4=O)cn3)C2)c(F)c1. The fourth-order valence-electron chi connectivity index (χ4n) is 6.23. The van der Waals surface area contributed by atoms with E-state index in [1.54, 1.807) is 42.6 Å². The van der Waals surface area contributed by atoms with Gasteiger partial charge in [0.25, 0.3) is 5.91 Å².